The van der Waals surface area contributed by atoms with Crippen molar-refractivity contribution in [2.75, 3.05) is 13.6 Å². The van der Waals surface area contributed by atoms with E-state index in [0.29, 0.717) is 12.1 Å². The third-order valence-electron chi connectivity index (χ3n) is 4.60. The van der Waals surface area contributed by atoms with Gasteiger partial charge in [-0.3, -0.25) is 19.3 Å². The standard InChI is InChI=1S/C26H33NO5/c1-25(2,3)23(29)31-21-14-13-19(15-22(21)32-24(30)26(4,5)6)20(28)17-27(7)16-18-11-9-8-10-12-18/h8-15H,16-17H2,1-7H3. The maximum absolute atomic E-state index is 12.9. The quantitative estimate of drug-likeness (QED) is 0.347. The summed E-state index contributed by atoms with van der Waals surface area (Å²) in [7, 11) is 1.87. The van der Waals surface area contributed by atoms with Gasteiger partial charge in [0, 0.05) is 12.1 Å². The van der Waals surface area contributed by atoms with Crippen molar-refractivity contribution in [1.82, 2.24) is 4.90 Å². The third-order valence-corrected chi connectivity index (χ3v) is 4.60. The highest BCUT2D eigenvalue weighted by atomic mass is 16.6. The zero-order valence-corrected chi connectivity index (χ0v) is 20.0. The Balaban J connectivity index is 2.25. The molecule has 6 nitrogen and oxygen atoms in total. The minimum absolute atomic E-state index is 0.0547. The van der Waals surface area contributed by atoms with E-state index >= 15 is 0 Å². The summed E-state index contributed by atoms with van der Waals surface area (Å²) < 4.78 is 11.0. The molecule has 0 aromatic heterocycles. The van der Waals surface area contributed by atoms with E-state index in [4.69, 9.17) is 9.47 Å². The van der Waals surface area contributed by atoms with Crippen LogP contribution in [0.3, 0.4) is 0 Å². The number of hydrogen-bond donors (Lipinski definition) is 0. The zero-order valence-electron chi connectivity index (χ0n) is 20.0. The Morgan fingerprint density at radius 1 is 0.781 bits per heavy atom. The van der Waals surface area contributed by atoms with Crippen molar-refractivity contribution >= 4 is 17.7 Å². The largest absolute Gasteiger partial charge is 0.422 e. The molecule has 0 heterocycles. The van der Waals surface area contributed by atoms with Crippen LogP contribution in [0.5, 0.6) is 11.5 Å². The molecule has 0 spiro atoms. The molecule has 0 fully saturated rings. The van der Waals surface area contributed by atoms with Gasteiger partial charge in [0.2, 0.25) is 0 Å². The fourth-order valence-corrected chi connectivity index (χ4v) is 2.64. The van der Waals surface area contributed by atoms with Gasteiger partial charge in [0.25, 0.3) is 0 Å². The second kappa shape index (κ2) is 10.1. The molecule has 0 atom stereocenters. The van der Waals surface area contributed by atoms with Crippen LogP contribution in [0.2, 0.25) is 0 Å². The van der Waals surface area contributed by atoms with Gasteiger partial charge in [0.05, 0.1) is 17.4 Å². The molecule has 0 amide bonds. The maximum atomic E-state index is 12.9. The fourth-order valence-electron chi connectivity index (χ4n) is 2.64. The highest BCUT2D eigenvalue weighted by Gasteiger charge is 2.28. The van der Waals surface area contributed by atoms with Crippen molar-refractivity contribution in [2.45, 2.75) is 48.1 Å². The van der Waals surface area contributed by atoms with E-state index in [2.05, 4.69) is 0 Å². The van der Waals surface area contributed by atoms with Gasteiger partial charge in [0.15, 0.2) is 17.3 Å². The van der Waals surface area contributed by atoms with Gasteiger partial charge in [0.1, 0.15) is 0 Å². The molecule has 0 saturated carbocycles. The second-order valence-corrected chi connectivity index (χ2v) is 10.0. The van der Waals surface area contributed by atoms with Crippen LogP contribution in [0, 0.1) is 10.8 Å². The highest BCUT2D eigenvalue weighted by Crippen LogP contribution is 2.32. The minimum atomic E-state index is -0.763. The van der Waals surface area contributed by atoms with Crippen LogP contribution in [0.4, 0.5) is 0 Å². The first kappa shape index (κ1) is 25.3. The molecule has 0 bridgehead atoms. The summed E-state index contributed by atoms with van der Waals surface area (Å²) in [5.74, 6) is -0.926. The van der Waals surface area contributed by atoms with Crippen LogP contribution in [0.25, 0.3) is 0 Å². The number of ether oxygens (including phenoxy) is 2. The molecule has 0 radical (unpaired) electrons. The Kier molecular flexibility index (Phi) is 7.97. The molecule has 32 heavy (non-hydrogen) atoms. The number of benzene rings is 2. The molecule has 172 valence electrons. The first-order chi connectivity index (χ1) is 14.8. The Bertz CT molecular complexity index is 968. The molecule has 0 aliphatic heterocycles. The van der Waals surface area contributed by atoms with Crippen molar-refractivity contribution in [2.24, 2.45) is 10.8 Å². The lowest BCUT2D eigenvalue weighted by Gasteiger charge is -2.21. The van der Waals surface area contributed by atoms with Gasteiger partial charge in [-0.25, -0.2) is 0 Å². The number of rotatable bonds is 7. The molecule has 2 rings (SSSR count). The Morgan fingerprint density at radius 3 is 1.84 bits per heavy atom. The monoisotopic (exact) mass is 439 g/mol. The van der Waals surface area contributed by atoms with Crippen molar-refractivity contribution in [1.29, 1.82) is 0 Å². The van der Waals surface area contributed by atoms with Crippen molar-refractivity contribution in [3.05, 3.63) is 59.7 Å². The average Bonchev–Trinajstić information content (AvgIpc) is 2.68. The van der Waals surface area contributed by atoms with Gasteiger partial charge < -0.3 is 9.47 Å². The predicted molar refractivity (Wildman–Crippen MR) is 124 cm³/mol. The molecular formula is C26H33NO5. The zero-order chi connectivity index (χ0) is 24.1. The smallest absolute Gasteiger partial charge is 0.316 e. The topological polar surface area (TPSA) is 72.9 Å². The van der Waals surface area contributed by atoms with Gasteiger partial charge in [-0.15, -0.1) is 0 Å². The Labute approximate surface area is 190 Å². The molecule has 0 unspecified atom stereocenters. The number of nitrogens with zero attached hydrogens (tertiary/aromatic N) is 1. The molecule has 2 aromatic carbocycles. The SMILES string of the molecule is CN(CC(=O)c1ccc(OC(=O)C(C)(C)C)c(OC(=O)C(C)(C)C)c1)Cc1ccccc1. The Hall–Kier alpha value is -2.99. The summed E-state index contributed by atoms with van der Waals surface area (Å²) in [6, 6.07) is 14.4. The van der Waals surface area contributed by atoms with E-state index in [1.807, 2.05) is 42.3 Å². The van der Waals surface area contributed by atoms with Crippen molar-refractivity contribution < 1.29 is 23.9 Å². The molecule has 2 aromatic rings. The highest BCUT2D eigenvalue weighted by molar-refractivity contribution is 5.98. The van der Waals surface area contributed by atoms with E-state index < -0.39 is 22.8 Å². The molecule has 6 heteroatoms. The van der Waals surface area contributed by atoms with Crippen LogP contribution in [-0.2, 0) is 16.1 Å². The molecular weight excluding hydrogens is 406 g/mol. The van der Waals surface area contributed by atoms with E-state index in [9.17, 15) is 14.4 Å². The number of carbonyl (C=O) groups excluding carboxylic acids is 3. The number of Topliss-reactive ketones (excluding diaryl/α,β-unsaturated/α-hetero) is 1. The van der Waals surface area contributed by atoms with Gasteiger partial charge in [-0.2, -0.15) is 0 Å². The lowest BCUT2D eigenvalue weighted by molar-refractivity contribution is -0.145. The van der Waals surface area contributed by atoms with Crippen LogP contribution in [0.15, 0.2) is 48.5 Å². The first-order valence-electron chi connectivity index (χ1n) is 10.6. The summed E-state index contributed by atoms with van der Waals surface area (Å²) in [6.45, 7) is 11.2. The summed E-state index contributed by atoms with van der Waals surface area (Å²) in [6.07, 6.45) is 0. The maximum Gasteiger partial charge on any atom is 0.316 e. The molecule has 0 aliphatic carbocycles. The fraction of sp³-hybridized carbons (Fsp3) is 0.423. The lowest BCUT2D eigenvalue weighted by Crippen LogP contribution is -2.28. The van der Waals surface area contributed by atoms with Crippen LogP contribution in [0.1, 0.15) is 57.5 Å². The number of hydrogen-bond acceptors (Lipinski definition) is 6. The van der Waals surface area contributed by atoms with Crippen molar-refractivity contribution in [3.63, 3.8) is 0 Å². The first-order valence-corrected chi connectivity index (χ1v) is 10.6. The van der Waals surface area contributed by atoms with E-state index in [1.54, 1.807) is 47.6 Å². The summed E-state index contributed by atoms with van der Waals surface area (Å²) in [5, 5.41) is 0. The van der Waals surface area contributed by atoms with Crippen LogP contribution < -0.4 is 9.47 Å². The van der Waals surface area contributed by atoms with Crippen LogP contribution >= 0.6 is 0 Å². The van der Waals surface area contributed by atoms with Gasteiger partial charge in [-0.05, 0) is 72.4 Å². The molecule has 0 N–H and O–H groups in total. The third kappa shape index (κ3) is 7.31. The Morgan fingerprint density at radius 2 is 1.31 bits per heavy atom. The average molecular weight is 440 g/mol. The summed E-state index contributed by atoms with van der Waals surface area (Å²) >= 11 is 0. The van der Waals surface area contributed by atoms with Crippen LogP contribution in [-0.4, -0.2) is 36.2 Å². The van der Waals surface area contributed by atoms with Gasteiger partial charge in [-0.1, -0.05) is 30.3 Å². The minimum Gasteiger partial charge on any atom is -0.422 e. The number of esters is 2. The normalized spacial score (nSPS) is 11.9. The predicted octanol–water partition coefficient (Wildman–Crippen LogP) is 4.90. The van der Waals surface area contributed by atoms with E-state index in [0.717, 1.165) is 5.56 Å². The summed E-state index contributed by atoms with van der Waals surface area (Å²) in [4.78, 5) is 39.6. The van der Waals surface area contributed by atoms with E-state index in [1.165, 1.54) is 12.1 Å². The molecule has 0 saturated heterocycles. The van der Waals surface area contributed by atoms with Crippen molar-refractivity contribution in [3.8, 4) is 11.5 Å². The number of carbonyl (C=O) groups is 3. The lowest BCUT2D eigenvalue weighted by atomic mass is 9.97. The molecule has 0 aliphatic rings. The van der Waals surface area contributed by atoms with Gasteiger partial charge >= 0.3 is 11.9 Å². The number of likely N-dealkylation sites (N-methyl/N-ethyl adjacent to an activating group) is 1. The van der Waals surface area contributed by atoms with E-state index in [-0.39, 0.29) is 23.8 Å². The number of ketones is 1. The second-order valence-electron chi connectivity index (χ2n) is 10.0. The summed E-state index contributed by atoms with van der Waals surface area (Å²) in [5.41, 5.74) is -0.0227.